The van der Waals surface area contributed by atoms with E-state index in [-0.39, 0.29) is 11.2 Å². The van der Waals surface area contributed by atoms with Crippen molar-refractivity contribution in [1.29, 1.82) is 0 Å². The van der Waals surface area contributed by atoms with Crippen molar-refractivity contribution in [3.05, 3.63) is 52.7 Å². The minimum atomic E-state index is -0.874. The first-order valence-corrected chi connectivity index (χ1v) is 11.2. The molecular weight excluding hydrogens is 418 g/mol. The number of carbonyl (C=O) groups is 2. The van der Waals surface area contributed by atoms with Crippen LogP contribution in [0.4, 0.5) is 4.79 Å². The summed E-state index contributed by atoms with van der Waals surface area (Å²) in [5, 5.41) is 3.45. The molecule has 0 aliphatic heterocycles. The molecule has 0 saturated carbocycles. The summed E-state index contributed by atoms with van der Waals surface area (Å²) in [6.07, 6.45) is 1.60. The number of hydrogen-bond donors (Lipinski definition) is 1. The first-order valence-electron chi connectivity index (χ1n) is 9.84. The topological polar surface area (TPSA) is 94.8 Å². The van der Waals surface area contributed by atoms with Crippen LogP contribution < -0.4 is 15.5 Å². The molecule has 1 atom stereocenters. The van der Waals surface area contributed by atoms with Crippen LogP contribution in [0.15, 0.2) is 51.7 Å². The maximum Gasteiger partial charge on any atom is 0.408 e. The van der Waals surface area contributed by atoms with Gasteiger partial charge < -0.3 is 19.2 Å². The van der Waals surface area contributed by atoms with Gasteiger partial charge in [-0.05, 0) is 63.5 Å². The van der Waals surface area contributed by atoms with E-state index in [0.29, 0.717) is 34.1 Å². The van der Waals surface area contributed by atoms with Crippen LogP contribution in [0.2, 0.25) is 0 Å². The van der Waals surface area contributed by atoms with Crippen LogP contribution >= 0.6 is 11.8 Å². The average Bonchev–Trinajstić information content (AvgIpc) is 2.69. The summed E-state index contributed by atoms with van der Waals surface area (Å²) in [7, 11) is 0. The molecule has 0 unspecified atom stereocenters. The van der Waals surface area contributed by atoms with Crippen LogP contribution in [-0.4, -0.2) is 35.7 Å². The van der Waals surface area contributed by atoms with E-state index in [1.807, 2.05) is 6.26 Å². The summed E-state index contributed by atoms with van der Waals surface area (Å²) in [6.45, 7) is 5.23. The van der Waals surface area contributed by atoms with E-state index in [1.165, 1.54) is 12.1 Å². The molecule has 0 aliphatic carbocycles. The highest BCUT2D eigenvalue weighted by molar-refractivity contribution is 7.98. The summed E-state index contributed by atoms with van der Waals surface area (Å²) >= 11 is 1.55. The smallest absolute Gasteiger partial charge is 0.408 e. The van der Waals surface area contributed by atoms with Crippen LogP contribution in [0, 0.1) is 0 Å². The number of benzene rings is 2. The zero-order chi connectivity index (χ0) is 22.6. The number of alkyl carbamates (subject to hydrolysis) is 1. The fourth-order valence-electron chi connectivity index (χ4n) is 2.97. The number of fused-ring (bicyclic) bond motifs is 2. The van der Waals surface area contributed by atoms with Crippen molar-refractivity contribution in [3.63, 3.8) is 0 Å². The molecule has 1 aromatic heterocycles. The third-order valence-corrected chi connectivity index (χ3v) is 5.00. The molecule has 31 heavy (non-hydrogen) atoms. The summed E-state index contributed by atoms with van der Waals surface area (Å²) in [6, 6.07) is 10.7. The Kier molecular flexibility index (Phi) is 6.90. The molecule has 2 aromatic carbocycles. The molecular formula is C23H25NO6S. The van der Waals surface area contributed by atoms with Crippen molar-refractivity contribution in [1.82, 2.24) is 5.32 Å². The van der Waals surface area contributed by atoms with Gasteiger partial charge in [-0.3, -0.25) is 4.79 Å². The quantitative estimate of drug-likeness (QED) is 0.340. The summed E-state index contributed by atoms with van der Waals surface area (Å²) < 4.78 is 16.5. The average molecular weight is 444 g/mol. The summed E-state index contributed by atoms with van der Waals surface area (Å²) in [5.74, 6) is 0.243. The van der Waals surface area contributed by atoms with E-state index in [4.69, 9.17) is 13.9 Å². The molecule has 1 N–H and O–H groups in total. The number of carbonyl (C=O) groups excluding carboxylic acids is 2. The SMILES string of the molecule is CSCC[C@H](NC(=O)OC(C)(C)C)C(=O)Oc1ccc2c(=O)c3ccccc3oc2c1. The number of esters is 1. The van der Waals surface area contributed by atoms with E-state index in [2.05, 4.69) is 5.32 Å². The lowest BCUT2D eigenvalue weighted by Crippen LogP contribution is -2.45. The van der Waals surface area contributed by atoms with Crippen molar-refractivity contribution >= 4 is 45.8 Å². The van der Waals surface area contributed by atoms with Crippen molar-refractivity contribution in [2.45, 2.75) is 38.8 Å². The normalized spacial score (nSPS) is 12.5. The second-order valence-corrected chi connectivity index (χ2v) is 8.97. The van der Waals surface area contributed by atoms with Crippen LogP contribution in [0.5, 0.6) is 5.75 Å². The molecule has 3 aromatic rings. The standard InChI is InChI=1S/C23H25NO6S/c1-23(2,3)30-22(27)24-17(11-12-31-4)21(26)28-14-9-10-16-19(13-14)29-18-8-6-5-7-15(18)20(16)25/h5-10,13,17H,11-12H2,1-4H3,(H,24,27)/t17-/m0/s1. The number of rotatable bonds is 6. The Morgan fingerprint density at radius 3 is 2.52 bits per heavy atom. The Morgan fingerprint density at radius 2 is 1.81 bits per heavy atom. The first kappa shape index (κ1) is 22.7. The fourth-order valence-corrected chi connectivity index (χ4v) is 3.44. The van der Waals surface area contributed by atoms with Gasteiger partial charge in [-0.25, -0.2) is 9.59 Å². The number of nitrogens with one attached hydrogen (secondary N) is 1. The molecule has 0 bridgehead atoms. The molecule has 0 fully saturated rings. The molecule has 7 nitrogen and oxygen atoms in total. The lowest BCUT2D eigenvalue weighted by atomic mass is 10.1. The second-order valence-electron chi connectivity index (χ2n) is 7.99. The van der Waals surface area contributed by atoms with Crippen LogP contribution in [0.1, 0.15) is 27.2 Å². The number of amides is 1. The third-order valence-electron chi connectivity index (χ3n) is 4.35. The largest absolute Gasteiger partial charge is 0.456 e. The summed E-state index contributed by atoms with van der Waals surface area (Å²) in [4.78, 5) is 37.5. The molecule has 0 aliphatic rings. The highest BCUT2D eigenvalue weighted by Crippen LogP contribution is 2.23. The Bertz CT molecular complexity index is 1160. The van der Waals surface area contributed by atoms with Gasteiger partial charge in [-0.1, -0.05) is 12.1 Å². The van der Waals surface area contributed by atoms with Gasteiger partial charge in [0.05, 0.1) is 10.8 Å². The fraction of sp³-hybridized carbons (Fsp3) is 0.348. The number of para-hydroxylation sites is 1. The molecule has 8 heteroatoms. The number of ether oxygens (including phenoxy) is 2. The molecule has 3 rings (SSSR count). The van der Waals surface area contributed by atoms with Crippen molar-refractivity contribution in [2.75, 3.05) is 12.0 Å². The Balaban J connectivity index is 1.82. The van der Waals surface area contributed by atoms with Gasteiger partial charge in [0.1, 0.15) is 28.6 Å². The van der Waals surface area contributed by atoms with Crippen LogP contribution in [0.25, 0.3) is 21.9 Å². The van der Waals surface area contributed by atoms with Gasteiger partial charge in [-0.2, -0.15) is 11.8 Å². The first-order chi connectivity index (χ1) is 14.7. The lowest BCUT2D eigenvalue weighted by molar-refractivity contribution is -0.136. The van der Waals surface area contributed by atoms with E-state index < -0.39 is 23.7 Å². The Labute approximate surface area is 184 Å². The molecule has 1 amide bonds. The minimum Gasteiger partial charge on any atom is -0.456 e. The van der Waals surface area contributed by atoms with E-state index >= 15 is 0 Å². The van der Waals surface area contributed by atoms with Crippen LogP contribution in [-0.2, 0) is 9.53 Å². The number of hydrogen-bond acceptors (Lipinski definition) is 7. The monoisotopic (exact) mass is 443 g/mol. The Hall–Kier alpha value is -3.00. The lowest BCUT2D eigenvalue weighted by Gasteiger charge is -2.22. The molecule has 0 spiro atoms. The zero-order valence-corrected chi connectivity index (χ0v) is 18.7. The van der Waals surface area contributed by atoms with Gasteiger partial charge >= 0.3 is 12.1 Å². The van der Waals surface area contributed by atoms with Crippen molar-refractivity contribution in [3.8, 4) is 5.75 Å². The van der Waals surface area contributed by atoms with Gasteiger partial charge in [0, 0.05) is 6.07 Å². The third kappa shape index (κ3) is 5.79. The second kappa shape index (κ2) is 9.43. The van der Waals surface area contributed by atoms with Crippen LogP contribution in [0.3, 0.4) is 0 Å². The summed E-state index contributed by atoms with van der Waals surface area (Å²) in [5.41, 5.74) is -0.0710. The van der Waals surface area contributed by atoms with Gasteiger partial charge in [-0.15, -0.1) is 0 Å². The maximum atomic E-state index is 12.7. The predicted molar refractivity (Wildman–Crippen MR) is 122 cm³/mol. The van der Waals surface area contributed by atoms with Gasteiger partial charge in [0.25, 0.3) is 0 Å². The van der Waals surface area contributed by atoms with Gasteiger partial charge in [0.15, 0.2) is 0 Å². The molecule has 164 valence electrons. The van der Waals surface area contributed by atoms with E-state index in [9.17, 15) is 14.4 Å². The maximum absolute atomic E-state index is 12.7. The minimum absolute atomic E-state index is 0.154. The highest BCUT2D eigenvalue weighted by atomic mass is 32.2. The van der Waals surface area contributed by atoms with Crippen molar-refractivity contribution < 1.29 is 23.5 Å². The van der Waals surface area contributed by atoms with Gasteiger partial charge in [0.2, 0.25) is 5.43 Å². The zero-order valence-electron chi connectivity index (χ0n) is 17.9. The van der Waals surface area contributed by atoms with E-state index in [1.54, 1.807) is 62.9 Å². The van der Waals surface area contributed by atoms with E-state index in [0.717, 1.165) is 0 Å². The molecule has 0 saturated heterocycles. The number of thioether (sulfide) groups is 1. The molecule has 1 heterocycles. The van der Waals surface area contributed by atoms with Crippen molar-refractivity contribution in [2.24, 2.45) is 0 Å². The predicted octanol–water partition coefficient (Wildman–Crippen LogP) is 4.50. The highest BCUT2D eigenvalue weighted by Gasteiger charge is 2.26. The molecule has 0 radical (unpaired) electrons. The Morgan fingerprint density at radius 1 is 1.10 bits per heavy atom.